The molecule has 1 saturated heterocycles. The highest BCUT2D eigenvalue weighted by Gasteiger charge is 2.34. The van der Waals surface area contributed by atoms with Crippen molar-refractivity contribution in [2.75, 3.05) is 30.1 Å². The van der Waals surface area contributed by atoms with Gasteiger partial charge in [-0.05, 0) is 54.2 Å². The molecule has 3 atom stereocenters. The number of amides is 4. The summed E-state index contributed by atoms with van der Waals surface area (Å²) in [5.41, 5.74) is 2.46. The van der Waals surface area contributed by atoms with Gasteiger partial charge in [0.1, 0.15) is 0 Å². The van der Waals surface area contributed by atoms with E-state index in [1.54, 1.807) is 4.90 Å². The van der Waals surface area contributed by atoms with Gasteiger partial charge in [-0.2, -0.15) is 0 Å². The summed E-state index contributed by atoms with van der Waals surface area (Å²) in [5.74, 6) is 2.41. The van der Waals surface area contributed by atoms with E-state index in [0.29, 0.717) is 37.2 Å². The fraction of sp³-hybridized carbons (Fsp3) is 0.462. The van der Waals surface area contributed by atoms with Crippen molar-refractivity contribution in [1.82, 2.24) is 10.2 Å². The van der Waals surface area contributed by atoms with Gasteiger partial charge in [0.05, 0.1) is 0 Å². The van der Waals surface area contributed by atoms with Gasteiger partial charge < -0.3 is 25.0 Å². The third-order valence-electron chi connectivity index (χ3n) is 7.38. The molecule has 1 aliphatic carbocycles. The molecule has 2 aromatic carbocycles. The molecule has 2 aliphatic heterocycles. The minimum Gasteiger partial charge on any atom is -0.454 e. The van der Waals surface area contributed by atoms with Crippen LogP contribution < -0.4 is 25.0 Å². The fourth-order valence-electron chi connectivity index (χ4n) is 5.23. The first-order valence-electron chi connectivity index (χ1n) is 12.1. The molecule has 0 unspecified atom stereocenters. The first-order valence-corrected chi connectivity index (χ1v) is 12.1. The number of carbonyl (C=O) groups excluding carboxylic acids is 2. The van der Waals surface area contributed by atoms with Crippen molar-refractivity contribution in [3.05, 3.63) is 48.0 Å². The number of rotatable bonds is 5. The second-order valence-corrected chi connectivity index (χ2v) is 9.51. The average Bonchev–Trinajstić information content (AvgIpc) is 3.48. The van der Waals surface area contributed by atoms with E-state index in [0.717, 1.165) is 35.6 Å². The lowest BCUT2D eigenvalue weighted by molar-refractivity contribution is 0.102. The topological polar surface area (TPSA) is 83.1 Å². The van der Waals surface area contributed by atoms with Crippen LogP contribution in [0.25, 0.3) is 0 Å². The van der Waals surface area contributed by atoms with E-state index in [1.165, 1.54) is 6.42 Å². The van der Waals surface area contributed by atoms with Gasteiger partial charge in [0.2, 0.25) is 6.79 Å². The van der Waals surface area contributed by atoms with Crippen LogP contribution in [0.3, 0.4) is 0 Å². The van der Waals surface area contributed by atoms with Crippen LogP contribution in [0.1, 0.15) is 38.7 Å². The first-order chi connectivity index (χ1) is 16.5. The van der Waals surface area contributed by atoms with E-state index in [2.05, 4.69) is 24.5 Å². The summed E-state index contributed by atoms with van der Waals surface area (Å²) in [5, 5.41) is 5.91. The van der Waals surface area contributed by atoms with Crippen LogP contribution in [0.15, 0.2) is 42.5 Å². The van der Waals surface area contributed by atoms with Crippen molar-refractivity contribution in [2.45, 2.75) is 45.7 Å². The van der Waals surface area contributed by atoms with E-state index in [-0.39, 0.29) is 24.9 Å². The van der Waals surface area contributed by atoms with Crippen LogP contribution in [0.5, 0.6) is 11.5 Å². The summed E-state index contributed by atoms with van der Waals surface area (Å²) in [6, 6.07) is 13.2. The lowest BCUT2D eigenvalue weighted by Gasteiger charge is -2.41. The third kappa shape index (κ3) is 4.49. The van der Waals surface area contributed by atoms with Crippen LogP contribution in [0.2, 0.25) is 0 Å². The van der Waals surface area contributed by atoms with Crippen LogP contribution in [0.4, 0.5) is 21.0 Å². The number of anilines is 2. The number of fused-ring (bicyclic) bond motifs is 1. The highest BCUT2D eigenvalue weighted by molar-refractivity contribution is 5.96. The summed E-state index contributed by atoms with van der Waals surface area (Å²) in [4.78, 5) is 29.4. The number of benzene rings is 2. The molecule has 2 aromatic rings. The number of hydrogen-bond acceptors (Lipinski definition) is 4. The lowest BCUT2D eigenvalue weighted by atomic mass is 9.77. The summed E-state index contributed by atoms with van der Waals surface area (Å²) in [7, 11) is 0. The number of hydrogen-bond donors (Lipinski definition) is 2. The minimum absolute atomic E-state index is 0.113. The van der Waals surface area contributed by atoms with Crippen molar-refractivity contribution < 1.29 is 19.1 Å². The molecule has 2 heterocycles. The Kier molecular flexibility index (Phi) is 6.22. The molecule has 0 radical (unpaired) electrons. The minimum atomic E-state index is -0.133. The molecule has 180 valence electrons. The largest absolute Gasteiger partial charge is 0.454 e. The second-order valence-electron chi connectivity index (χ2n) is 9.51. The Morgan fingerprint density at radius 3 is 2.82 bits per heavy atom. The third-order valence-corrected chi connectivity index (χ3v) is 7.38. The Morgan fingerprint density at radius 2 is 2.00 bits per heavy atom. The Bertz CT molecular complexity index is 1070. The maximum absolute atomic E-state index is 13.7. The van der Waals surface area contributed by atoms with Gasteiger partial charge in [0, 0.05) is 37.1 Å². The van der Waals surface area contributed by atoms with Gasteiger partial charge in [0.25, 0.3) is 0 Å². The second kappa shape index (κ2) is 9.44. The van der Waals surface area contributed by atoms with Gasteiger partial charge in [0.15, 0.2) is 11.5 Å². The van der Waals surface area contributed by atoms with Crippen LogP contribution in [-0.4, -0.2) is 42.9 Å². The summed E-state index contributed by atoms with van der Waals surface area (Å²) < 4.78 is 11.0. The maximum Gasteiger partial charge on any atom is 0.322 e. The molecule has 0 aromatic heterocycles. The SMILES string of the molecule is C[C@@H]1[C@H](C)CCC[C@@H]1N(Cc1ccc2c(c1)OCO2)C(=O)Nc1cccc(N2CCNC2=O)c1. The molecule has 1 saturated carbocycles. The molecule has 4 amide bonds. The Morgan fingerprint density at radius 1 is 1.15 bits per heavy atom. The van der Waals surface area contributed by atoms with Crippen molar-refractivity contribution in [2.24, 2.45) is 11.8 Å². The summed E-state index contributed by atoms with van der Waals surface area (Å²) in [6.45, 7) is 6.48. The standard InChI is InChI=1S/C26H32N4O4/c1-17-5-3-8-22(18(17)2)30(15-19-9-10-23-24(13-19)34-16-33-23)26(32)28-20-6-4-7-21(14-20)29-12-11-27-25(29)31/h4,6-7,9-10,13-14,17-18,22H,3,5,8,11-12,15-16H2,1-2H3,(H,27,31)(H,28,32)/t17-,18-,22+/m1/s1. The normalized spacial score (nSPS) is 23.5. The summed E-state index contributed by atoms with van der Waals surface area (Å²) in [6.07, 6.45) is 3.29. The molecule has 3 aliphatic rings. The monoisotopic (exact) mass is 464 g/mol. The molecule has 34 heavy (non-hydrogen) atoms. The molecule has 5 rings (SSSR count). The molecule has 2 N–H and O–H groups in total. The van der Waals surface area contributed by atoms with E-state index in [1.807, 2.05) is 47.4 Å². The molecule has 2 fully saturated rings. The Balaban J connectivity index is 1.38. The first kappa shape index (κ1) is 22.4. The zero-order chi connectivity index (χ0) is 23.7. The lowest BCUT2D eigenvalue weighted by Crippen LogP contribution is -2.48. The smallest absolute Gasteiger partial charge is 0.322 e. The zero-order valence-corrected chi connectivity index (χ0v) is 19.8. The Hall–Kier alpha value is -3.42. The number of ether oxygens (including phenoxy) is 2. The number of carbonyl (C=O) groups is 2. The molecular formula is C26H32N4O4. The maximum atomic E-state index is 13.7. The van der Waals surface area contributed by atoms with Crippen LogP contribution >= 0.6 is 0 Å². The number of nitrogens with one attached hydrogen (secondary N) is 2. The molecule has 0 bridgehead atoms. The van der Waals surface area contributed by atoms with E-state index in [9.17, 15) is 9.59 Å². The van der Waals surface area contributed by atoms with Crippen molar-refractivity contribution in [1.29, 1.82) is 0 Å². The van der Waals surface area contributed by atoms with Gasteiger partial charge in [-0.25, -0.2) is 9.59 Å². The van der Waals surface area contributed by atoms with E-state index < -0.39 is 0 Å². The highest BCUT2D eigenvalue weighted by atomic mass is 16.7. The van der Waals surface area contributed by atoms with Crippen LogP contribution in [-0.2, 0) is 6.54 Å². The summed E-state index contributed by atoms with van der Waals surface area (Å²) >= 11 is 0. The average molecular weight is 465 g/mol. The number of nitrogens with zero attached hydrogens (tertiary/aromatic N) is 2. The predicted molar refractivity (Wildman–Crippen MR) is 130 cm³/mol. The van der Waals surface area contributed by atoms with Gasteiger partial charge in [-0.15, -0.1) is 0 Å². The molecular weight excluding hydrogens is 432 g/mol. The van der Waals surface area contributed by atoms with Gasteiger partial charge in [-0.3, -0.25) is 4.90 Å². The van der Waals surface area contributed by atoms with Gasteiger partial charge >= 0.3 is 12.1 Å². The fourth-order valence-corrected chi connectivity index (χ4v) is 5.23. The molecule has 8 heteroatoms. The van der Waals surface area contributed by atoms with E-state index in [4.69, 9.17) is 9.47 Å². The van der Waals surface area contributed by atoms with Crippen molar-refractivity contribution >= 4 is 23.4 Å². The quantitative estimate of drug-likeness (QED) is 0.666. The zero-order valence-electron chi connectivity index (χ0n) is 19.8. The molecule has 0 spiro atoms. The Labute approximate surface area is 200 Å². The van der Waals surface area contributed by atoms with Crippen molar-refractivity contribution in [3.8, 4) is 11.5 Å². The van der Waals surface area contributed by atoms with Gasteiger partial charge in [-0.1, -0.05) is 38.8 Å². The van der Waals surface area contributed by atoms with Crippen LogP contribution in [0, 0.1) is 11.8 Å². The highest BCUT2D eigenvalue weighted by Crippen LogP contribution is 2.36. The molecule has 8 nitrogen and oxygen atoms in total. The predicted octanol–water partition coefficient (Wildman–Crippen LogP) is 4.80. The van der Waals surface area contributed by atoms with Crippen molar-refractivity contribution in [3.63, 3.8) is 0 Å². The number of urea groups is 2. The van der Waals surface area contributed by atoms with E-state index >= 15 is 0 Å².